The second-order valence-corrected chi connectivity index (χ2v) is 6.17. The zero-order chi connectivity index (χ0) is 18.5. The Kier molecular flexibility index (Phi) is 5.42. The SMILES string of the molecule is COc1cc(C)c(CCNC(=O)c2cccc3ccccc23)cc1OC. The van der Waals surface area contributed by atoms with Crippen LogP contribution >= 0.6 is 0 Å². The number of ether oxygens (including phenoxy) is 2. The number of methoxy groups -OCH3 is 2. The summed E-state index contributed by atoms with van der Waals surface area (Å²) in [5, 5.41) is 5.05. The van der Waals surface area contributed by atoms with Crippen LogP contribution in [-0.2, 0) is 6.42 Å². The van der Waals surface area contributed by atoms with Gasteiger partial charge in [0.05, 0.1) is 14.2 Å². The quantitative estimate of drug-likeness (QED) is 0.728. The van der Waals surface area contributed by atoms with Gasteiger partial charge in [0, 0.05) is 12.1 Å². The summed E-state index contributed by atoms with van der Waals surface area (Å²) < 4.78 is 10.7. The molecule has 0 saturated carbocycles. The molecule has 3 aromatic carbocycles. The number of carbonyl (C=O) groups excluding carboxylic acids is 1. The first-order chi connectivity index (χ1) is 12.6. The van der Waals surface area contributed by atoms with Crippen molar-refractivity contribution in [3.8, 4) is 11.5 Å². The van der Waals surface area contributed by atoms with Gasteiger partial charge in [0.25, 0.3) is 5.91 Å². The van der Waals surface area contributed by atoms with Crippen molar-refractivity contribution in [2.75, 3.05) is 20.8 Å². The van der Waals surface area contributed by atoms with E-state index in [1.54, 1.807) is 14.2 Å². The monoisotopic (exact) mass is 349 g/mol. The molecule has 0 unspecified atom stereocenters. The number of amides is 1. The number of carbonyl (C=O) groups is 1. The van der Waals surface area contributed by atoms with Crippen LogP contribution in [0.5, 0.6) is 11.5 Å². The summed E-state index contributed by atoms with van der Waals surface area (Å²) in [4.78, 5) is 12.6. The highest BCUT2D eigenvalue weighted by Crippen LogP contribution is 2.30. The van der Waals surface area contributed by atoms with Crippen LogP contribution in [0.4, 0.5) is 0 Å². The lowest BCUT2D eigenvalue weighted by Crippen LogP contribution is -2.26. The van der Waals surface area contributed by atoms with E-state index in [0.29, 0.717) is 23.6 Å². The summed E-state index contributed by atoms with van der Waals surface area (Å²) in [6, 6.07) is 17.6. The molecule has 0 heterocycles. The van der Waals surface area contributed by atoms with Gasteiger partial charge in [-0.25, -0.2) is 0 Å². The Morgan fingerprint density at radius 2 is 1.65 bits per heavy atom. The Morgan fingerprint density at radius 1 is 0.962 bits per heavy atom. The topological polar surface area (TPSA) is 47.6 Å². The molecule has 1 N–H and O–H groups in total. The molecular formula is C22H23NO3. The van der Waals surface area contributed by atoms with E-state index in [0.717, 1.165) is 28.3 Å². The third-order valence-electron chi connectivity index (χ3n) is 4.56. The highest BCUT2D eigenvalue weighted by Gasteiger charge is 2.11. The van der Waals surface area contributed by atoms with Crippen LogP contribution < -0.4 is 14.8 Å². The maximum absolute atomic E-state index is 12.6. The Labute approximate surface area is 153 Å². The molecule has 0 spiro atoms. The van der Waals surface area contributed by atoms with Gasteiger partial charge in [-0.3, -0.25) is 4.79 Å². The molecule has 0 bridgehead atoms. The highest BCUT2D eigenvalue weighted by molar-refractivity contribution is 6.06. The van der Waals surface area contributed by atoms with E-state index in [9.17, 15) is 4.79 Å². The van der Waals surface area contributed by atoms with Gasteiger partial charge >= 0.3 is 0 Å². The molecule has 0 aliphatic carbocycles. The van der Waals surface area contributed by atoms with Crippen molar-refractivity contribution in [1.82, 2.24) is 5.32 Å². The molecule has 0 radical (unpaired) electrons. The molecule has 0 aromatic heterocycles. The fraction of sp³-hybridized carbons (Fsp3) is 0.227. The number of hydrogen-bond acceptors (Lipinski definition) is 3. The number of hydrogen-bond donors (Lipinski definition) is 1. The van der Waals surface area contributed by atoms with E-state index < -0.39 is 0 Å². The predicted molar refractivity (Wildman–Crippen MR) is 104 cm³/mol. The van der Waals surface area contributed by atoms with E-state index >= 15 is 0 Å². The summed E-state index contributed by atoms with van der Waals surface area (Å²) in [7, 11) is 3.25. The highest BCUT2D eigenvalue weighted by atomic mass is 16.5. The minimum absolute atomic E-state index is 0.0556. The van der Waals surface area contributed by atoms with Gasteiger partial charge in [-0.15, -0.1) is 0 Å². The average molecular weight is 349 g/mol. The molecule has 134 valence electrons. The minimum atomic E-state index is -0.0556. The van der Waals surface area contributed by atoms with Crippen molar-refractivity contribution >= 4 is 16.7 Å². The number of benzene rings is 3. The van der Waals surface area contributed by atoms with Gasteiger partial charge in [-0.1, -0.05) is 36.4 Å². The zero-order valence-corrected chi connectivity index (χ0v) is 15.3. The van der Waals surface area contributed by atoms with Crippen LogP contribution in [-0.4, -0.2) is 26.7 Å². The normalized spacial score (nSPS) is 10.6. The lowest BCUT2D eigenvalue weighted by atomic mass is 10.0. The van der Waals surface area contributed by atoms with Crippen LogP contribution in [0.25, 0.3) is 10.8 Å². The summed E-state index contributed by atoms with van der Waals surface area (Å²) in [5.74, 6) is 1.36. The smallest absolute Gasteiger partial charge is 0.251 e. The maximum atomic E-state index is 12.6. The molecular weight excluding hydrogens is 326 g/mol. The molecule has 26 heavy (non-hydrogen) atoms. The Bertz CT molecular complexity index is 929. The van der Waals surface area contributed by atoms with Crippen molar-refractivity contribution in [3.05, 3.63) is 71.3 Å². The van der Waals surface area contributed by atoms with Gasteiger partial charge in [0.2, 0.25) is 0 Å². The molecule has 3 aromatic rings. The van der Waals surface area contributed by atoms with Crippen LogP contribution in [0, 0.1) is 6.92 Å². The van der Waals surface area contributed by atoms with Gasteiger partial charge in [0.15, 0.2) is 11.5 Å². The molecule has 4 heteroatoms. The van der Waals surface area contributed by atoms with Gasteiger partial charge < -0.3 is 14.8 Å². The Morgan fingerprint density at radius 3 is 2.42 bits per heavy atom. The van der Waals surface area contributed by atoms with Crippen molar-refractivity contribution in [1.29, 1.82) is 0 Å². The van der Waals surface area contributed by atoms with Crippen molar-refractivity contribution < 1.29 is 14.3 Å². The lowest BCUT2D eigenvalue weighted by Gasteiger charge is -2.13. The first-order valence-electron chi connectivity index (χ1n) is 8.61. The molecule has 1 amide bonds. The predicted octanol–water partition coefficient (Wildman–Crippen LogP) is 4.14. The molecule has 3 rings (SSSR count). The van der Waals surface area contributed by atoms with Gasteiger partial charge in [-0.2, -0.15) is 0 Å². The first kappa shape index (κ1) is 17.8. The van der Waals surface area contributed by atoms with Crippen LogP contribution in [0.15, 0.2) is 54.6 Å². The third-order valence-corrected chi connectivity index (χ3v) is 4.56. The van der Waals surface area contributed by atoms with Crippen LogP contribution in [0.2, 0.25) is 0 Å². The molecule has 0 saturated heterocycles. The summed E-state index contributed by atoms with van der Waals surface area (Å²) >= 11 is 0. The number of aryl methyl sites for hydroxylation is 1. The fourth-order valence-corrected chi connectivity index (χ4v) is 3.12. The van der Waals surface area contributed by atoms with E-state index in [2.05, 4.69) is 5.32 Å². The molecule has 0 fully saturated rings. The van der Waals surface area contributed by atoms with Crippen LogP contribution in [0.3, 0.4) is 0 Å². The second kappa shape index (κ2) is 7.91. The molecule has 0 aliphatic rings. The van der Waals surface area contributed by atoms with Crippen LogP contribution in [0.1, 0.15) is 21.5 Å². The van der Waals surface area contributed by atoms with Crippen molar-refractivity contribution in [2.45, 2.75) is 13.3 Å². The minimum Gasteiger partial charge on any atom is -0.493 e. The van der Waals surface area contributed by atoms with Gasteiger partial charge in [-0.05, 0) is 53.4 Å². The Balaban J connectivity index is 1.71. The van der Waals surface area contributed by atoms with Gasteiger partial charge in [0.1, 0.15) is 0 Å². The van der Waals surface area contributed by atoms with E-state index in [1.165, 1.54) is 0 Å². The number of rotatable bonds is 6. The third kappa shape index (κ3) is 3.64. The number of nitrogens with one attached hydrogen (secondary N) is 1. The fourth-order valence-electron chi connectivity index (χ4n) is 3.12. The standard InChI is InChI=1S/C22H23NO3/c1-15-13-20(25-2)21(26-3)14-17(15)11-12-23-22(24)19-10-6-8-16-7-4-5-9-18(16)19/h4-10,13-14H,11-12H2,1-3H3,(H,23,24). The maximum Gasteiger partial charge on any atom is 0.251 e. The second-order valence-electron chi connectivity index (χ2n) is 6.17. The summed E-state index contributed by atoms with van der Waals surface area (Å²) in [6.07, 6.45) is 0.725. The van der Waals surface area contributed by atoms with E-state index in [-0.39, 0.29) is 5.91 Å². The molecule has 4 nitrogen and oxygen atoms in total. The Hall–Kier alpha value is -3.01. The van der Waals surface area contributed by atoms with E-state index in [1.807, 2.05) is 61.5 Å². The summed E-state index contributed by atoms with van der Waals surface area (Å²) in [5.41, 5.74) is 2.94. The summed E-state index contributed by atoms with van der Waals surface area (Å²) in [6.45, 7) is 2.59. The molecule has 0 aliphatic heterocycles. The first-order valence-corrected chi connectivity index (χ1v) is 8.61. The molecule has 0 atom stereocenters. The zero-order valence-electron chi connectivity index (χ0n) is 15.3. The van der Waals surface area contributed by atoms with E-state index in [4.69, 9.17) is 9.47 Å². The average Bonchev–Trinajstić information content (AvgIpc) is 2.68. The largest absolute Gasteiger partial charge is 0.493 e. The van der Waals surface area contributed by atoms with Crippen molar-refractivity contribution in [2.24, 2.45) is 0 Å². The number of fused-ring (bicyclic) bond motifs is 1. The van der Waals surface area contributed by atoms with Crippen molar-refractivity contribution in [3.63, 3.8) is 0 Å². The lowest BCUT2D eigenvalue weighted by molar-refractivity contribution is 0.0956.